The Morgan fingerprint density at radius 3 is 2.78 bits per heavy atom. The molecule has 1 aliphatic heterocycles. The van der Waals surface area contributed by atoms with Gasteiger partial charge in [-0.15, -0.1) is 0 Å². The molecule has 1 atom stereocenters. The SMILES string of the molecule is COCc1nc2cc(-c3cnc(N[C@H]4CC[C@H](C)CC4)nc3O[C@@H]3CCOC3)ccc2o1. The Morgan fingerprint density at radius 1 is 1.12 bits per heavy atom. The molecule has 3 heterocycles. The number of anilines is 1. The van der Waals surface area contributed by atoms with Crippen molar-refractivity contribution in [3.05, 3.63) is 30.3 Å². The normalized spacial score (nSPS) is 23.5. The molecule has 0 spiro atoms. The van der Waals surface area contributed by atoms with E-state index >= 15 is 0 Å². The fraction of sp³-hybridized carbons (Fsp3) is 0.542. The van der Waals surface area contributed by atoms with Gasteiger partial charge >= 0.3 is 0 Å². The fourth-order valence-electron chi connectivity index (χ4n) is 4.40. The maximum absolute atomic E-state index is 6.28. The summed E-state index contributed by atoms with van der Waals surface area (Å²) in [6, 6.07) is 6.28. The number of rotatable bonds is 7. The molecule has 1 saturated carbocycles. The molecule has 1 aromatic carbocycles. The molecule has 0 bridgehead atoms. The van der Waals surface area contributed by atoms with E-state index in [-0.39, 0.29) is 6.10 Å². The lowest BCUT2D eigenvalue weighted by atomic mass is 9.87. The first kappa shape index (κ1) is 21.2. The largest absolute Gasteiger partial charge is 0.471 e. The fourth-order valence-corrected chi connectivity index (χ4v) is 4.40. The van der Waals surface area contributed by atoms with E-state index in [1.165, 1.54) is 12.8 Å². The van der Waals surface area contributed by atoms with Crippen LogP contribution in [0.1, 0.15) is 44.9 Å². The summed E-state index contributed by atoms with van der Waals surface area (Å²) >= 11 is 0. The number of hydrogen-bond donors (Lipinski definition) is 1. The number of nitrogens with zero attached hydrogens (tertiary/aromatic N) is 3. The zero-order valence-corrected chi connectivity index (χ0v) is 18.7. The van der Waals surface area contributed by atoms with Crippen LogP contribution < -0.4 is 10.1 Å². The summed E-state index contributed by atoms with van der Waals surface area (Å²) in [6.07, 6.45) is 7.45. The molecule has 0 unspecified atom stereocenters. The topological polar surface area (TPSA) is 91.5 Å². The van der Waals surface area contributed by atoms with Gasteiger partial charge in [0.1, 0.15) is 18.2 Å². The minimum atomic E-state index is -0.00360. The van der Waals surface area contributed by atoms with Gasteiger partial charge in [0.2, 0.25) is 17.7 Å². The number of aromatic nitrogens is 3. The van der Waals surface area contributed by atoms with E-state index in [9.17, 15) is 0 Å². The summed E-state index contributed by atoms with van der Waals surface area (Å²) < 4.78 is 22.6. The van der Waals surface area contributed by atoms with E-state index in [0.717, 1.165) is 47.4 Å². The van der Waals surface area contributed by atoms with Gasteiger partial charge in [0.25, 0.3) is 0 Å². The van der Waals surface area contributed by atoms with Crippen LogP contribution >= 0.6 is 0 Å². The predicted octanol–water partition coefficient (Wildman–Crippen LogP) is 4.59. The second-order valence-electron chi connectivity index (χ2n) is 8.84. The van der Waals surface area contributed by atoms with E-state index in [1.54, 1.807) is 7.11 Å². The lowest BCUT2D eigenvalue weighted by Crippen LogP contribution is -2.26. The molecule has 2 aromatic heterocycles. The molecule has 0 radical (unpaired) electrons. The summed E-state index contributed by atoms with van der Waals surface area (Å²) in [5.74, 6) is 2.54. The van der Waals surface area contributed by atoms with Crippen molar-refractivity contribution in [1.29, 1.82) is 0 Å². The van der Waals surface area contributed by atoms with E-state index in [0.29, 0.717) is 43.6 Å². The molecule has 1 N–H and O–H groups in total. The zero-order valence-electron chi connectivity index (χ0n) is 18.7. The van der Waals surface area contributed by atoms with E-state index < -0.39 is 0 Å². The van der Waals surface area contributed by atoms with Crippen LogP contribution in [-0.4, -0.2) is 47.4 Å². The van der Waals surface area contributed by atoms with Crippen LogP contribution in [0.4, 0.5) is 5.95 Å². The number of nitrogens with one attached hydrogen (secondary N) is 1. The number of fused-ring (bicyclic) bond motifs is 1. The van der Waals surface area contributed by atoms with Gasteiger partial charge in [-0.05, 0) is 49.3 Å². The molecule has 2 fully saturated rings. The second-order valence-corrected chi connectivity index (χ2v) is 8.84. The number of ether oxygens (including phenoxy) is 3. The monoisotopic (exact) mass is 438 g/mol. The maximum Gasteiger partial charge on any atom is 0.226 e. The molecule has 3 aromatic rings. The van der Waals surface area contributed by atoms with Crippen molar-refractivity contribution < 1.29 is 18.6 Å². The molecule has 0 amide bonds. The van der Waals surface area contributed by atoms with Gasteiger partial charge in [-0.3, -0.25) is 0 Å². The molecular formula is C24H30N4O4. The predicted molar refractivity (Wildman–Crippen MR) is 121 cm³/mol. The third-order valence-corrected chi connectivity index (χ3v) is 6.28. The Hall–Kier alpha value is -2.71. The molecule has 1 aliphatic carbocycles. The highest BCUT2D eigenvalue weighted by atomic mass is 16.5. The van der Waals surface area contributed by atoms with Gasteiger partial charge in [0, 0.05) is 25.8 Å². The van der Waals surface area contributed by atoms with Crippen molar-refractivity contribution in [2.45, 2.75) is 57.8 Å². The number of benzene rings is 1. The second kappa shape index (κ2) is 9.42. The Kier molecular flexibility index (Phi) is 6.23. The number of oxazole rings is 1. The van der Waals surface area contributed by atoms with E-state index in [4.69, 9.17) is 23.6 Å². The van der Waals surface area contributed by atoms with Gasteiger partial charge in [0.15, 0.2) is 5.58 Å². The van der Waals surface area contributed by atoms with Crippen LogP contribution in [-0.2, 0) is 16.1 Å². The number of methoxy groups -OCH3 is 1. The minimum absolute atomic E-state index is 0.00360. The van der Waals surface area contributed by atoms with Crippen molar-refractivity contribution >= 4 is 17.0 Å². The van der Waals surface area contributed by atoms with Gasteiger partial charge < -0.3 is 23.9 Å². The molecule has 2 aliphatic rings. The highest BCUT2D eigenvalue weighted by Crippen LogP contribution is 2.33. The van der Waals surface area contributed by atoms with Crippen LogP contribution in [0, 0.1) is 5.92 Å². The molecule has 1 saturated heterocycles. The third kappa shape index (κ3) is 4.71. The average Bonchev–Trinajstić information content (AvgIpc) is 3.45. The van der Waals surface area contributed by atoms with Crippen LogP contribution in [0.25, 0.3) is 22.2 Å². The van der Waals surface area contributed by atoms with Crippen molar-refractivity contribution in [1.82, 2.24) is 15.0 Å². The smallest absolute Gasteiger partial charge is 0.226 e. The molecule has 5 rings (SSSR count). The molecule has 8 nitrogen and oxygen atoms in total. The third-order valence-electron chi connectivity index (χ3n) is 6.28. The average molecular weight is 439 g/mol. The summed E-state index contributed by atoms with van der Waals surface area (Å²) in [5, 5.41) is 3.52. The first-order valence-corrected chi connectivity index (χ1v) is 11.4. The van der Waals surface area contributed by atoms with Gasteiger partial charge in [-0.2, -0.15) is 4.98 Å². The summed E-state index contributed by atoms with van der Waals surface area (Å²) in [4.78, 5) is 13.9. The van der Waals surface area contributed by atoms with Crippen molar-refractivity contribution in [3.63, 3.8) is 0 Å². The van der Waals surface area contributed by atoms with E-state index in [2.05, 4.69) is 22.2 Å². The quantitative estimate of drug-likeness (QED) is 0.573. The lowest BCUT2D eigenvalue weighted by molar-refractivity contribution is 0.138. The van der Waals surface area contributed by atoms with Gasteiger partial charge in [0.05, 0.1) is 18.8 Å². The van der Waals surface area contributed by atoms with Crippen molar-refractivity contribution in [2.75, 3.05) is 25.6 Å². The molecular weight excluding hydrogens is 408 g/mol. The molecule has 170 valence electrons. The molecule has 32 heavy (non-hydrogen) atoms. The first-order chi connectivity index (χ1) is 15.7. The first-order valence-electron chi connectivity index (χ1n) is 11.4. The zero-order chi connectivity index (χ0) is 21.9. The summed E-state index contributed by atoms with van der Waals surface area (Å²) in [6.45, 7) is 3.95. The van der Waals surface area contributed by atoms with Crippen LogP contribution in [0.5, 0.6) is 5.88 Å². The lowest BCUT2D eigenvalue weighted by Gasteiger charge is -2.27. The highest BCUT2D eigenvalue weighted by Gasteiger charge is 2.23. The minimum Gasteiger partial charge on any atom is -0.471 e. The number of hydrogen-bond acceptors (Lipinski definition) is 8. The highest BCUT2D eigenvalue weighted by molar-refractivity contribution is 5.81. The van der Waals surface area contributed by atoms with Gasteiger partial charge in [-0.1, -0.05) is 13.0 Å². The van der Waals surface area contributed by atoms with E-state index in [1.807, 2.05) is 24.4 Å². The van der Waals surface area contributed by atoms with Crippen LogP contribution in [0.2, 0.25) is 0 Å². The Bertz CT molecular complexity index is 1060. The summed E-state index contributed by atoms with van der Waals surface area (Å²) in [5.41, 5.74) is 3.25. The van der Waals surface area contributed by atoms with Crippen LogP contribution in [0.3, 0.4) is 0 Å². The standard InChI is InChI=1S/C24H30N4O4/c1-15-3-6-17(7-4-15)26-24-25-12-19(23(28-24)31-18-9-10-30-13-18)16-5-8-21-20(11-16)27-22(32-21)14-29-2/h5,8,11-12,15,17-18H,3-4,6-7,9-10,13-14H2,1-2H3,(H,25,26,28)/t15-,17-,18-/m1/s1. The van der Waals surface area contributed by atoms with Crippen molar-refractivity contribution in [2.24, 2.45) is 5.92 Å². The van der Waals surface area contributed by atoms with Crippen LogP contribution in [0.15, 0.2) is 28.8 Å². The molecule has 8 heteroatoms. The Labute approximate surface area is 187 Å². The van der Waals surface area contributed by atoms with Crippen molar-refractivity contribution in [3.8, 4) is 17.0 Å². The summed E-state index contributed by atoms with van der Waals surface area (Å²) in [7, 11) is 1.62. The van der Waals surface area contributed by atoms with Gasteiger partial charge in [-0.25, -0.2) is 9.97 Å². The maximum atomic E-state index is 6.28. The Morgan fingerprint density at radius 2 is 2.00 bits per heavy atom. The Balaban J connectivity index is 1.44.